The Bertz CT molecular complexity index is 375. The molecular weight excluding hydrogens is 258 g/mol. The number of hydrogen-bond donors (Lipinski definition) is 0. The third kappa shape index (κ3) is 7.02. The monoisotopic (exact) mass is 271 g/mol. The van der Waals surface area contributed by atoms with Gasteiger partial charge in [0.2, 0.25) is 0 Å². The molecule has 92 valence electrons. The summed E-state index contributed by atoms with van der Waals surface area (Å²) in [6.45, 7) is 1.32. The topological polar surface area (TPSA) is 38.7 Å². The van der Waals surface area contributed by atoms with Crippen LogP contribution in [0.4, 0.5) is 0 Å². The smallest absolute Gasteiger partial charge is 0.319 e. The molecule has 0 spiro atoms. The highest BCUT2D eigenvalue weighted by molar-refractivity contribution is 8.03. The van der Waals surface area contributed by atoms with E-state index in [0.717, 1.165) is 17.1 Å². The maximum atomic E-state index is 10.4. The molecule has 0 aromatic carbocycles. The summed E-state index contributed by atoms with van der Waals surface area (Å²) < 4.78 is 0. The molecule has 0 bridgehead atoms. The zero-order chi connectivity index (χ0) is 12.5. The van der Waals surface area contributed by atoms with Crippen LogP contribution in [-0.4, -0.2) is 23.3 Å². The van der Waals surface area contributed by atoms with Crippen LogP contribution in [0.2, 0.25) is 0 Å². The van der Waals surface area contributed by atoms with Gasteiger partial charge in [0.15, 0.2) is 0 Å². The first-order valence-corrected chi connectivity index (χ1v) is 6.63. The van der Waals surface area contributed by atoms with Crippen LogP contribution in [0.25, 0.3) is 0 Å². The molecule has 0 radical (unpaired) electrons. The van der Waals surface area contributed by atoms with Gasteiger partial charge in [-0.1, -0.05) is 29.5 Å². The second-order valence-electron chi connectivity index (χ2n) is 3.27. The fraction of sp³-hybridized carbons (Fsp3) is 0.333. The molecule has 17 heavy (non-hydrogen) atoms. The maximum Gasteiger partial charge on any atom is 0.331 e. The van der Waals surface area contributed by atoms with Crippen LogP contribution >= 0.6 is 23.4 Å². The number of halogens is 1. The maximum absolute atomic E-state index is 10.4. The summed E-state index contributed by atoms with van der Waals surface area (Å²) in [6.07, 6.45) is 12.2. The van der Waals surface area contributed by atoms with Crippen molar-refractivity contribution >= 4 is 35.5 Å². The lowest BCUT2D eigenvalue weighted by Crippen LogP contribution is -1.91. The Labute approximate surface area is 110 Å². The number of nitrogens with zero attached hydrogens (tertiary/aromatic N) is 1. The number of carbonyl (C=O) groups is 1. The minimum absolute atomic E-state index is 0.0325. The summed E-state index contributed by atoms with van der Waals surface area (Å²) >= 11 is 7.64. The summed E-state index contributed by atoms with van der Waals surface area (Å²) in [6, 6.07) is 0. The van der Waals surface area contributed by atoms with Crippen LogP contribution in [-0.2, 0) is 9.63 Å². The molecule has 1 aliphatic rings. The Kier molecular flexibility index (Phi) is 6.74. The number of alkyl halides is 1. The average Bonchev–Trinajstić information content (AvgIpc) is 2.48. The van der Waals surface area contributed by atoms with Crippen LogP contribution < -0.4 is 0 Å². The van der Waals surface area contributed by atoms with E-state index < -0.39 is 5.97 Å². The third-order valence-electron chi connectivity index (χ3n) is 1.77. The van der Waals surface area contributed by atoms with Crippen molar-refractivity contribution in [3.63, 3.8) is 0 Å². The number of allylic oxidation sites excluding steroid dienone is 5. The molecule has 0 aromatic rings. The molecule has 1 unspecified atom stereocenters. The standard InChI is InChI=1S/C12H14ClNO2S/c1-10(15)16-14-8-3-9-17-12-5-2-4-11(13)6-7-12/h2,4-8,11H,3,9H2,1H3/b14-8-. The fourth-order valence-corrected chi connectivity index (χ4v) is 2.02. The molecule has 1 aliphatic carbocycles. The van der Waals surface area contributed by atoms with Crippen LogP contribution in [0.1, 0.15) is 13.3 Å². The largest absolute Gasteiger partial charge is 0.331 e. The first-order valence-electron chi connectivity index (χ1n) is 5.21. The van der Waals surface area contributed by atoms with E-state index in [1.807, 2.05) is 30.4 Å². The summed E-state index contributed by atoms with van der Waals surface area (Å²) in [5, 5.41) is 3.49. The van der Waals surface area contributed by atoms with Crippen molar-refractivity contribution in [1.29, 1.82) is 0 Å². The van der Waals surface area contributed by atoms with E-state index in [0.29, 0.717) is 0 Å². The number of rotatable bonds is 5. The number of thioether (sulfide) groups is 1. The molecule has 0 N–H and O–H groups in total. The van der Waals surface area contributed by atoms with Gasteiger partial charge >= 0.3 is 5.97 Å². The molecule has 0 fully saturated rings. The highest BCUT2D eigenvalue weighted by Gasteiger charge is 1.99. The average molecular weight is 272 g/mol. The van der Waals surface area contributed by atoms with Crippen LogP contribution in [0.15, 0.2) is 40.4 Å². The van der Waals surface area contributed by atoms with Gasteiger partial charge in [-0.05, 0) is 12.5 Å². The number of carbonyl (C=O) groups excluding carboxylic acids is 1. The molecule has 0 heterocycles. The van der Waals surface area contributed by atoms with Crippen molar-refractivity contribution in [3.05, 3.63) is 35.3 Å². The molecule has 1 atom stereocenters. The van der Waals surface area contributed by atoms with E-state index in [1.165, 1.54) is 6.92 Å². The predicted molar refractivity (Wildman–Crippen MR) is 73.3 cm³/mol. The van der Waals surface area contributed by atoms with Crippen molar-refractivity contribution in [1.82, 2.24) is 0 Å². The Hall–Kier alpha value is -1.00. The van der Waals surface area contributed by atoms with E-state index in [4.69, 9.17) is 11.6 Å². The van der Waals surface area contributed by atoms with Crippen molar-refractivity contribution in [2.45, 2.75) is 18.7 Å². The Morgan fingerprint density at radius 2 is 2.47 bits per heavy atom. The molecular formula is C12H14ClNO2S. The zero-order valence-corrected chi connectivity index (χ0v) is 11.1. The lowest BCUT2D eigenvalue weighted by Gasteiger charge is -1.98. The Morgan fingerprint density at radius 3 is 3.24 bits per heavy atom. The van der Waals surface area contributed by atoms with E-state index in [9.17, 15) is 4.79 Å². The minimum atomic E-state index is -0.401. The van der Waals surface area contributed by atoms with Crippen molar-refractivity contribution in [2.75, 3.05) is 5.75 Å². The highest BCUT2D eigenvalue weighted by atomic mass is 35.5. The molecule has 5 heteroatoms. The molecule has 0 saturated heterocycles. The fourth-order valence-electron chi connectivity index (χ4n) is 1.05. The highest BCUT2D eigenvalue weighted by Crippen LogP contribution is 2.21. The predicted octanol–water partition coefficient (Wildman–Crippen LogP) is 3.28. The van der Waals surface area contributed by atoms with Gasteiger partial charge in [0.25, 0.3) is 0 Å². The van der Waals surface area contributed by atoms with E-state index in [1.54, 1.807) is 18.0 Å². The van der Waals surface area contributed by atoms with Gasteiger partial charge in [-0.25, -0.2) is 4.79 Å². The minimum Gasteiger partial charge on any atom is -0.319 e. The van der Waals surface area contributed by atoms with Gasteiger partial charge in [-0.3, -0.25) is 0 Å². The van der Waals surface area contributed by atoms with E-state index in [-0.39, 0.29) is 5.38 Å². The lowest BCUT2D eigenvalue weighted by atomic mass is 10.4. The second kappa shape index (κ2) is 8.14. The van der Waals surface area contributed by atoms with Crippen molar-refractivity contribution < 1.29 is 9.63 Å². The van der Waals surface area contributed by atoms with Gasteiger partial charge in [-0.2, -0.15) is 0 Å². The Balaban J connectivity index is 2.21. The van der Waals surface area contributed by atoms with Crippen LogP contribution in [0, 0.1) is 0 Å². The van der Waals surface area contributed by atoms with Crippen molar-refractivity contribution in [3.8, 4) is 0 Å². The molecule has 0 aromatic heterocycles. The number of hydrogen-bond acceptors (Lipinski definition) is 4. The third-order valence-corrected chi connectivity index (χ3v) is 3.11. The molecule has 0 aliphatic heterocycles. The summed E-state index contributed by atoms with van der Waals surface area (Å²) in [4.78, 5) is 16.0. The summed E-state index contributed by atoms with van der Waals surface area (Å²) in [7, 11) is 0. The first-order chi connectivity index (χ1) is 8.18. The second-order valence-corrected chi connectivity index (χ2v) is 4.94. The van der Waals surface area contributed by atoms with E-state index in [2.05, 4.69) is 9.99 Å². The molecule has 0 amide bonds. The summed E-state index contributed by atoms with van der Waals surface area (Å²) in [5.41, 5.74) is 0. The Morgan fingerprint density at radius 1 is 1.65 bits per heavy atom. The zero-order valence-electron chi connectivity index (χ0n) is 9.51. The van der Waals surface area contributed by atoms with Gasteiger partial charge in [0, 0.05) is 23.8 Å². The first kappa shape index (κ1) is 14.1. The van der Waals surface area contributed by atoms with Crippen molar-refractivity contribution in [2.24, 2.45) is 5.16 Å². The number of oxime groups is 1. The summed E-state index contributed by atoms with van der Waals surface area (Å²) in [5.74, 6) is 0.475. The van der Waals surface area contributed by atoms with Gasteiger partial charge < -0.3 is 4.84 Å². The van der Waals surface area contributed by atoms with Gasteiger partial charge in [0.05, 0.1) is 5.38 Å². The molecule has 0 saturated carbocycles. The normalized spacial score (nSPS) is 19.2. The molecule has 3 nitrogen and oxygen atoms in total. The lowest BCUT2D eigenvalue weighted by molar-refractivity contribution is -0.140. The molecule has 1 rings (SSSR count). The van der Waals surface area contributed by atoms with E-state index >= 15 is 0 Å². The van der Waals surface area contributed by atoms with Crippen LogP contribution in [0.5, 0.6) is 0 Å². The van der Waals surface area contributed by atoms with Gasteiger partial charge in [0.1, 0.15) is 0 Å². The quantitative estimate of drug-likeness (QED) is 0.253. The SMILES string of the molecule is CC(=O)O/N=C\CCSC1=CC=CC(Cl)C=C1. The van der Waals surface area contributed by atoms with Crippen LogP contribution in [0.3, 0.4) is 0 Å². The van der Waals surface area contributed by atoms with Gasteiger partial charge in [-0.15, -0.1) is 23.4 Å².